The van der Waals surface area contributed by atoms with E-state index in [-0.39, 0.29) is 18.5 Å². The van der Waals surface area contributed by atoms with E-state index in [9.17, 15) is 9.59 Å². The van der Waals surface area contributed by atoms with Crippen molar-refractivity contribution in [1.82, 2.24) is 10.2 Å². The van der Waals surface area contributed by atoms with Crippen LogP contribution in [0.25, 0.3) is 0 Å². The second kappa shape index (κ2) is 11.5. The molecule has 0 saturated carbocycles. The van der Waals surface area contributed by atoms with Gasteiger partial charge < -0.3 is 15.3 Å². The summed E-state index contributed by atoms with van der Waals surface area (Å²) < 4.78 is 0. The lowest BCUT2D eigenvalue weighted by atomic mass is 10.1. The lowest BCUT2D eigenvalue weighted by molar-refractivity contribution is -0.137. The maximum absolute atomic E-state index is 13.1. The van der Waals surface area contributed by atoms with Crippen molar-refractivity contribution in [2.24, 2.45) is 0 Å². The highest BCUT2D eigenvalue weighted by atomic mass is 32.2. The zero-order valence-corrected chi connectivity index (χ0v) is 17.8. The average Bonchev–Trinajstić information content (AvgIpc) is 3.23. The molecule has 0 aromatic heterocycles. The minimum absolute atomic E-state index is 0.0552. The van der Waals surface area contributed by atoms with Crippen molar-refractivity contribution in [3.8, 4) is 0 Å². The first-order valence-electron chi connectivity index (χ1n) is 10.3. The molecule has 1 atom stereocenters. The molecule has 2 amide bonds. The van der Waals surface area contributed by atoms with E-state index >= 15 is 0 Å². The van der Waals surface area contributed by atoms with E-state index < -0.39 is 5.97 Å². The third-order valence-corrected chi connectivity index (χ3v) is 6.30. The van der Waals surface area contributed by atoms with Crippen molar-refractivity contribution >= 4 is 23.8 Å². The Hall–Kier alpha value is -2.73. The fourth-order valence-corrected chi connectivity index (χ4v) is 4.68. The Bertz CT molecular complexity index is 855. The van der Waals surface area contributed by atoms with E-state index in [1.54, 1.807) is 11.8 Å². The van der Waals surface area contributed by atoms with Crippen molar-refractivity contribution in [2.45, 2.75) is 44.8 Å². The van der Waals surface area contributed by atoms with Crippen LogP contribution in [-0.4, -0.2) is 33.8 Å². The number of allylic oxidation sites excluding steroid dienone is 1. The van der Waals surface area contributed by atoms with Gasteiger partial charge in [-0.05, 0) is 35.3 Å². The molecule has 3 rings (SSSR count). The molecule has 1 aliphatic rings. The van der Waals surface area contributed by atoms with Crippen molar-refractivity contribution in [2.75, 3.05) is 5.75 Å². The SMILES string of the molecule is O=C(O)CCC/C=C1\C[C@@H](N(Cc2ccccc2)C(=O)NCc2ccccc2)CS1. The number of hydrogen-bond acceptors (Lipinski definition) is 3. The molecule has 0 unspecified atom stereocenters. The van der Waals surface area contributed by atoms with Gasteiger partial charge in [-0.25, -0.2) is 4.79 Å². The molecular formula is C24H28N2O3S. The fourth-order valence-electron chi connectivity index (χ4n) is 3.43. The van der Waals surface area contributed by atoms with Crippen molar-refractivity contribution < 1.29 is 14.7 Å². The van der Waals surface area contributed by atoms with Gasteiger partial charge >= 0.3 is 12.0 Å². The van der Waals surface area contributed by atoms with Crippen LogP contribution in [0.3, 0.4) is 0 Å². The summed E-state index contributed by atoms with van der Waals surface area (Å²) in [6.07, 6.45) is 4.56. The number of urea groups is 1. The Kier molecular flexibility index (Phi) is 8.39. The smallest absolute Gasteiger partial charge is 0.318 e. The zero-order valence-electron chi connectivity index (χ0n) is 17.0. The number of amides is 2. The van der Waals surface area contributed by atoms with Crippen LogP contribution < -0.4 is 5.32 Å². The normalized spacial score (nSPS) is 17.1. The Balaban J connectivity index is 1.63. The van der Waals surface area contributed by atoms with Gasteiger partial charge in [0, 0.05) is 31.3 Å². The maximum atomic E-state index is 13.1. The number of carboxylic acids is 1. The number of unbranched alkanes of at least 4 members (excludes halogenated alkanes) is 1. The van der Waals surface area contributed by atoms with E-state index in [4.69, 9.17) is 5.11 Å². The van der Waals surface area contributed by atoms with E-state index in [2.05, 4.69) is 11.4 Å². The Morgan fingerprint density at radius 3 is 2.40 bits per heavy atom. The number of rotatable bonds is 9. The molecule has 0 bridgehead atoms. The maximum Gasteiger partial charge on any atom is 0.318 e. The van der Waals surface area contributed by atoms with Crippen molar-refractivity contribution in [3.05, 3.63) is 82.8 Å². The third kappa shape index (κ3) is 6.95. The molecule has 2 aromatic carbocycles. The summed E-state index contributed by atoms with van der Waals surface area (Å²) >= 11 is 1.77. The molecule has 1 heterocycles. The Labute approximate surface area is 182 Å². The van der Waals surface area contributed by atoms with Gasteiger partial charge in [0.2, 0.25) is 0 Å². The monoisotopic (exact) mass is 424 g/mol. The van der Waals surface area contributed by atoms with Crippen LogP contribution in [0, 0.1) is 0 Å². The molecular weight excluding hydrogens is 396 g/mol. The van der Waals surface area contributed by atoms with Crippen LogP contribution in [0.5, 0.6) is 0 Å². The highest BCUT2D eigenvalue weighted by Crippen LogP contribution is 2.34. The summed E-state index contributed by atoms with van der Waals surface area (Å²) in [6, 6.07) is 20.0. The third-order valence-electron chi connectivity index (χ3n) is 5.05. The quantitative estimate of drug-likeness (QED) is 0.553. The zero-order chi connectivity index (χ0) is 21.2. The lowest BCUT2D eigenvalue weighted by Crippen LogP contribution is -2.45. The lowest BCUT2D eigenvalue weighted by Gasteiger charge is -2.29. The van der Waals surface area contributed by atoms with Gasteiger partial charge in [0.15, 0.2) is 0 Å². The van der Waals surface area contributed by atoms with Crippen LogP contribution in [0.4, 0.5) is 4.79 Å². The van der Waals surface area contributed by atoms with Crippen LogP contribution in [0.15, 0.2) is 71.6 Å². The van der Waals surface area contributed by atoms with Gasteiger partial charge in [0.1, 0.15) is 0 Å². The highest BCUT2D eigenvalue weighted by Gasteiger charge is 2.29. The Morgan fingerprint density at radius 2 is 1.73 bits per heavy atom. The summed E-state index contributed by atoms with van der Waals surface area (Å²) in [6.45, 7) is 1.07. The van der Waals surface area contributed by atoms with Gasteiger partial charge in [-0.3, -0.25) is 4.79 Å². The number of carbonyl (C=O) groups is 2. The molecule has 1 saturated heterocycles. The van der Waals surface area contributed by atoms with Gasteiger partial charge in [-0.15, -0.1) is 11.8 Å². The first-order chi connectivity index (χ1) is 14.6. The second-order valence-electron chi connectivity index (χ2n) is 7.38. The summed E-state index contributed by atoms with van der Waals surface area (Å²) in [5, 5.41) is 11.8. The first kappa shape index (κ1) is 22.0. The van der Waals surface area contributed by atoms with Gasteiger partial charge in [-0.1, -0.05) is 66.7 Å². The summed E-state index contributed by atoms with van der Waals surface area (Å²) in [4.78, 5) is 26.9. The summed E-state index contributed by atoms with van der Waals surface area (Å²) in [5.41, 5.74) is 2.18. The van der Waals surface area contributed by atoms with Crippen LogP contribution in [-0.2, 0) is 17.9 Å². The van der Waals surface area contributed by atoms with Gasteiger partial charge in [0.25, 0.3) is 0 Å². The number of aliphatic carboxylic acids is 1. The van der Waals surface area contributed by atoms with Crippen molar-refractivity contribution in [1.29, 1.82) is 0 Å². The number of benzene rings is 2. The summed E-state index contributed by atoms with van der Waals surface area (Å²) in [7, 11) is 0. The number of thioether (sulfide) groups is 1. The number of nitrogens with zero attached hydrogens (tertiary/aromatic N) is 1. The van der Waals surface area contributed by atoms with Crippen LogP contribution >= 0.6 is 11.8 Å². The predicted molar refractivity (Wildman–Crippen MR) is 121 cm³/mol. The minimum atomic E-state index is -0.755. The molecule has 30 heavy (non-hydrogen) atoms. The topological polar surface area (TPSA) is 69.6 Å². The average molecular weight is 425 g/mol. The molecule has 2 aromatic rings. The van der Waals surface area contributed by atoms with Gasteiger partial charge in [-0.2, -0.15) is 0 Å². The van der Waals surface area contributed by atoms with Crippen LogP contribution in [0.2, 0.25) is 0 Å². The predicted octanol–water partition coefficient (Wildman–Crippen LogP) is 5.04. The molecule has 0 radical (unpaired) electrons. The van der Waals surface area contributed by atoms with E-state index in [1.165, 1.54) is 4.91 Å². The van der Waals surface area contributed by atoms with E-state index in [0.717, 1.165) is 29.7 Å². The van der Waals surface area contributed by atoms with Crippen molar-refractivity contribution in [3.63, 3.8) is 0 Å². The van der Waals surface area contributed by atoms with E-state index in [0.29, 0.717) is 19.5 Å². The molecule has 0 spiro atoms. The molecule has 6 heteroatoms. The van der Waals surface area contributed by atoms with Gasteiger partial charge in [0.05, 0.1) is 0 Å². The Morgan fingerprint density at radius 1 is 1.07 bits per heavy atom. The van der Waals surface area contributed by atoms with Crippen LogP contribution in [0.1, 0.15) is 36.8 Å². The van der Waals surface area contributed by atoms with E-state index in [1.807, 2.05) is 65.6 Å². The number of nitrogens with one attached hydrogen (secondary N) is 1. The second-order valence-corrected chi connectivity index (χ2v) is 8.53. The molecule has 158 valence electrons. The largest absolute Gasteiger partial charge is 0.481 e. The fraction of sp³-hybridized carbons (Fsp3) is 0.333. The molecule has 2 N–H and O–H groups in total. The minimum Gasteiger partial charge on any atom is -0.481 e. The standard InChI is InChI=1S/C24H28N2O3S/c27-23(28)14-8-7-13-22-15-21(18-30-22)26(17-20-11-5-2-6-12-20)24(29)25-16-19-9-3-1-4-10-19/h1-6,9-13,21H,7-8,14-18H2,(H,25,29)(H,27,28)/b22-13+/t21-/m1/s1. The summed E-state index contributed by atoms with van der Waals surface area (Å²) in [5.74, 6) is 0.102. The number of carboxylic acid groups (broad SMARTS) is 1. The molecule has 5 nitrogen and oxygen atoms in total. The first-order valence-corrected chi connectivity index (χ1v) is 11.3. The number of hydrogen-bond donors (Lipinski definition) is 2. The molecule has 1 aliphatic heterocycles. The molecule has 1 fully saturated rings. The highest BCUT2D eigenvalue weighted by molar-refractivity contribution is 8.03. The molecule has 0 aliphatic carbocycles. The number of carbonyl (C=O) groups excluding carboxylic acids is 1.